The van der Waals surface area contributed by atoms with Crippen molar-refractivity contribution >= 4 is 12.3 Å². The lowest BCUT2D eigenvalue weighted by Gasteiger charge is -1.88. The first-order valence-corrected chi connectivity index (χ1v) is 4.11. The maximum Gasteiger partial charge on any atom is 0.303 e. The van der Waals surface area contributed by atoms with Crippen molar-refractivity contribution in [2.45, 2.75) is 13.8 Å². The highest BCUT2D eigenvalue weighted by molar-refractivity contribution is 5.68. The van der Waals surface area contributed by atoms with E-state index in [1.165, 1.54) is 6.92 Å². The Hall–Kier alpha value is -1.71. The quantitative estimate of drug-likeness (QED) is 0.524. The molecule has 0 aliphatic carbocycles. The van der Waals surface area contributed by atoms with Crippen molar-refractivity contribution < 1.29 is 14.3 Å². The summed E-state index contributed by atoms with van der Waals surface area (Å²) in [6.45, 7) is 3.10. The predicted octanol–water partition coefficient (Wildman–Crippen LogP) is 1.14. The zero-order valence-corrected chi connectivity index (χ0v) is 8.27. The second-order valence-electron chi connectivity index (χ2n) is 2.44. The summed E-state index contributed by atoms with van der Waals surface area (Å²) >= 11 is 0. The van der Waals surface area contributed by atoms with Gasteiger partial charge in [-0.25, -0.2) is 0 Å². The van der Waals surface area contributed by atoms with E-state index < -0.39 is 5.97 Å². The van der Waals surface area contributed by atoms with Crippen LogP contribution >= 0.6 is 0 Å². The van der Waals surface area contributed by atoms with E-state index >= 15 is 0 Å². The minimum atomic E-state index is -0.424. The molecule has 1 aromatic heterocycles. The molecular formula is C10H13NO3. The highest BCUT2D eigenvalue weighted by Gasteiger charge is 1.85. The van der Waals surface area contributed by atoms with Crippen molar-refractivity contribution in [3.05, 3.63) is 30.1 Å². The Morgan fingerprint density at radius 2 is 2.29 bits per heavy atom. The minimum absolute atomic E-state index is 0.130. The van der Waals surface area contributed by atoms with Gasteiger partial charge in [0.05, 0.1) is 0 Å². The standard InChI is InChI=1S/C6H7N.C4H6O3/c1-6-4-2-3-5-7-6;1-4(6)7-3-2-5/h2-5H,1H3;2H,3H2,1H3. The highest BCUT2D eigenvalue weighted by Crippen LogP contribution is 1.86. The van der Waals surface area contributed by atoms with Crippen molar-refractivity contribution in [2.75, 3.05) is 6.61 Å². The van der Waals surface area contributed by atoms with Crippen molar-refractivity contribution in [1.29, 1.82) is 0 Å². The maximum absolute atomic E-state index is 9.82. The number of esters is 1. The molecule has 0 aliphatic rings. The first-order valence-electron chi connectivity index (χ1n) is 4.11. The van der Waals surface area contributed by atoms with Crippen LogP contribution in [-0.4, -0.2) is 23.8 Å². The van der Waals surface area contributed by atoms with Crippen LogP contribution in [0.4, 0.5) is 0 Å². The molecule has 1 aromatic rings. The summed E-state index contributed by atoms with van der Waals surface area (Å²) in [4.78, 5) is 23.2. The fourth-order valence-electron chi connectivity index (χ4n) is 0.600. The SMILES string of the molecule is CC(=O)OCC=O.Cc1ccccn1. The second kappa shape index (κ2) is 7.91. The second-order valence-corrected chi connectivity index (χ2v) is 2.44. The molecule has 4 heteroatoms. The van der Waals surface area contributed by atoms with Gasteiger partial charge in [-0.3, -0.25) is 14.6 Å². The van der Waals surface area contributed by atoms with Crippen LogP contribution in [0.3, 0.4) is 0 Å². The number of aryl methyl sites for hydroxylation is 1. The number of hydrogen-bond donors (Lipinski definition) is 0. The van der Waals surface area contributed by atoms with E-state index in [2.05, 4.69) is 9.72 Å². The lowest BCUT2D eigenvalue weighted by Crippen LogP contribution is -2.00. The van der Waals surface area contributed by atoms with Crippen molar-refractivity contribution in [3.63, 3.8) is 0 Å². The van der Waals surface area contributed by atoms with Crippen molar-refractivity contribution in [1.82, 2.24) is 4.98 Å². The van der Waals surface area contributed by atoms with Crippen LogP contribution in [0.25, 0.3) is 0 Å². The highest BCUT2D eigenvalue weighted by atomic mass is 16.5. The topological polar surface area (TPSA) is 56.3 Å². The van der Waals surface area contributed by atoms with E-state index in [-0.39, 0.29) is 6.61 Å². The first kappa shape index (κ1) is 12.3. The van der Waals surface area contributed by atoms with E-state index in [9.17, 15) is 9.59 Å². The number of hydrogen-bond acceptors (Lipinski definition) is 4. The Bertz CT molecular complexity index is 272. The van der Waals surface area contributed by atoms with Gasteiger partial charge in [0.2, 0.25) is 0 Å². The summed E-state index contributed by atoms with van der Waals surface area (Å²) < 4.78 is 4.18. The Kier molecular flexibility index (Phi) is 6.95. The number of aromatic nitrogens is 1. The summed E-state index contributed by atoms with van der Waals surface area (Å²) in [6.07, 6.45) is 2.32. The molecule has 0 radical (unpaired) electrons. The van der Waals surface area contributed by atoms with Gasteiger partial charge < -0.3 is 4.74 Å². The average molecular weight is 195 g/mol. The minimum Gasteiger partial charge on any atom is -0.458 e. The molecule has 0 spiro atoms. The van der Waals surface area contributed by atoms with Gasteiger partial charge in [-0.15, -0.1) is 0 Å². The summed E-state index contributed by atoms with van der Waals surface area (Å²) in [5.74, 6) is -0.424. The van der Waals surface area contributed by atoms with Crippen molar-refractivity contribution in [2.24, 2.45) is 0 Å². The summed E-state index contributed by atoms with van der Waals surface area (Å²) in [6, 6.07) is 5.86. The summed E-state index contributed by atoms with van der Waals surface area (Å²) in [7, 11) is 0. The average Bonchev–Trinajstić information content (AvgIpc) is 2.17. The molecule has 1 rings (SSSR count). The molecule has 4 nitrogen and oxygen atoms in total. The molecule has 0 atom stereocenters. The van der Waals surface area contributed by atoms with Gasteiger partial charge in [-0.2, -0.15) is 0 Å². The van der Waals surface area contributed by atoms with Gasteiger partial charge >= 0.3 is 5.97 Å². The third-order valence-corrected chi connectivity index (χ3v) is 1.17. The van der Waals surface area contributed by atoms with Crippen LogP contribution in [0, 0.1) is 6.92 Å². The van der Waals surface area contributed by atoms with Crippen LogP contribution in [0.15, 0.2) is 24.4 Å². The molecule has 0 aliphatic heterocycles. The molecule has 0 saturated carbocycles. The molecule has 14 heavy (non-hydrogen) atoms. The van der Waals surface area contributed by atoms with E-state index in [4.69, 9.17) is 0 Å². The largest absolute Gasteiger partial charge is 0.458 e. The lowest BCUT2D eigenvalue weighted by molar-refractivity contribution is -0.143. The third kappa shape index (κ3) is 8.39. The molecule has 76 valence electrons. The summed E-state index contributed by atoms with van der Waals surface area (Å²) in [5.41, 5.74) is 1.07. The van der Waals surface area contributed by atoms with Crippen LogP contribution in [0.5, 0.6) is 0 Å². The third-order valence-electron chi connectivity index (χ3n) is 1.17. The monoisotopic (exact) mass is 195 g/mol. The van der Waals surface area contributed by atoms with Gasteiger partial charge in [-0.05, 0) is 19.1 Å². The Morgan fingerprint density at radius 1 is 1.57 bits per heavy atom. The van der Waals surface area contributed by atoms with E-state index in [1.807, 2.05) is 25.1 Å². The number of rotatable bonds is 2. The Balaban J connectivity index is 0.000000241. The number of nitrogens with zero attached hydrogens (tertiary/aromatic N) is 1. The van der Waals surface area contributed by atoms with Crippen LogP contribution < -0.4 is 0 Å². The number of pyridine rings is 1. The molecule has 0 amide bonds. The molecule has 1 heterocycles. The molecular weight excluding hydrogens is 182 g/mol. The number of carbonyl (C=O) groups excluding carboxylic acids is 2. The number of ether oxygens (including phenoxy) is 1. The number of aldehydes is 1. The molecule has 0 aromatic carbocycles. The first-order chi connectivity index (χ1) is 6.66. The zero-order valence-electron chi connectivity index (χ0n) is 8.27. The zero-order chi connectivity index (χ0) is 10.8. The van der Waals surface area contributed by atoms with Gasteiger partial charge in [0.1, 0.15) is 6.61 Å². The van der Waals surface area contributed by atoms with Crippen LogP contribution in [0.1, 0.15) is 12.6 Å². The molecule has 0 fully saturated rings. The van der Waals surface area contributed by atoms with Gasteiger partial charge in [0.15, 0.2) is 6.29 Å². The predicted molar refractivity (Wildman–Crippen MR) is 51.7 cm³/mol. The van der Waals surface area contributed by atoms with Gasteiger partial charge in [0, 0.05) is 18.8 Å². The van der Waals surface area contributed by atoms with Crippen molar-refractivity contribution in [3.8, 4) is 0 Å². The van der Waals surface area contributed by atoms with Gasteiger partial charge in [0.25, 0.3) is 0 Å². The van der Waals surface area contributed by atoms with Crippen LogP contribution in [-0.2, 0) is 14.3 Å². The fourth-order valence-corrected chi connectivity index (χ4v) is 0.600. The smallest absolute Gasteiger partial charge is 0.303 e. The van der Waals surface area contributed by atoms with E-state index in [0.29, 0.717) is 6.29 Å². The normalized spacial score (nSPS) is 8.14. The lowest BCUT2D eigenvalue weighted by atomic mass is 10.4. The maximum atomic E-state index is 9.82. The van der Waals surface area contributed by atoms with E-state index in [0.717, 1.165) is 5.69 Å². The van der Waals surface area contributed by atoms with E-state index in [1.54, 1.807) is 6.20 Å². The molecule has 0 saturated heterocycles. The van der Waals surface area contributed by atoms with Gasteiger partial charge in [-0.1, -0.05) is 6.07 Å². The molecule has 0 N–H and O–H groups in total. The fraction of sp³-hybridized carbons (Fsp3) is 0.300. The summed E-state index contributed by atoms with van der Waals surface area (Å²) in [5, 5.41) is 0. The Morgan fingerprint density at radius 3 is 2.50 bits per heavy atom. The van der Waals surface area contributed by atoms with Crippen LogP contribution in [0.2, 0.25) is 0 Å². The molecule has 0 bridgehead atoms. The molecule has 0 unspecified atom stereocenters. The Labute approximate surface area is 82.9 Å². The number of carbonyl (C=O) groups is 2.